The van der Waals surface area contributed by atoms with E-state index in [2.05, 4.69) is 25.8 Å². The van der Waals surface area contributed by atoms with Gasteiger partial charge in [0.05, 0.1) is 17.9 Å². The molecule has 2 aliphatic heterocycles. The van der Waals surface area contributed by atoms with Gasteiger partial charge in [-0.25, -0.2) is 0 Å². The molecule has 5 nitrogen and oxygen atoms in total. The molecule has 4 heterocycles. The first-order valence-electron chi connectivity index (χ1n) is 9.07. The minimum Gasteiger partial charge on any atom is -0.332 e. The Morgan fingerprint density at radius 1 is 1.04 bits per heavy atom. The van der Waals surface area contributed by atoms with E-state index < -0.39 is 0 Å². The molecule has 5 heteroatoms. The monoisotopic (exact) mass is 336 g/mol. The topological polar surface area (TPSA) is 49.3 Å². The third-order valence-electron chi connectivity index (χ3n) is 5.37. The SMILES string of the molecule is Cc1cccc(CN2C(=O)CC[C@@H]3[C@H]2CCN3Cc2ccccn2)n1. The number of nitrogens with zero attached hydrogens (tertiary/aromatic N) is 4. The molecule has 25 heavy (non-hydrogen) atoms. The summed E-state index contributed by atoms with van der Waals surface area (Å²) < 4.78 is 0. The fourth-order valence-electron chi connectivity index (χ4n) is 4.20. The van der Waals surface area contributed by atoms with Crippen molar-refractivity contribution in [3.8, 4) is 0 Å². The molecule has 1 amide bonds. The molecule has 0 aliphatic carbocycles. The molecule has 0 unspecified atom stereocenters. The molecule has 0 saturated carbocycles. The van der Waals surface area contributed by atoms with Crippen LogP contribution < -0.4 is 0 Å². The molecule has 0 spiro atoms. The van der Waals surface area contributed by atoms with Crippen molar-refractivity contribution >= 4 is 5.91 Å². The van der Waals surface area contributed by atoms with E-state index in [1.54, 1.807) is 0 Å². The number of hydrogen-bond donors (Lipinski definition) is 0. The lowest BCUT2D eigenvalue weighted by molar-refractivity contribution is -0.138. The normalized spacial score (nSPS) is 23.7. The number of aryl methyl sites for hydroxylation is 1. The van der Waals surface area contributed by atoms with Gasteiger partial charge in [0.1, 0.15) is 0 Å². The van der Waals surface area contributed by atoms with E-state index in [1.165, 1.54) is 0 Å². The Labute approximate surface area is 148 Å². The summed E-state index contributed by atoms with van der Waals surface area (Å²) >= 11 is 0. The zero-order valence-corrected chi connectivity index (χ0v) is 14.6. The molecule has 0 radical (unpaired) electrons. The van der Waals surface area contributed by atoms with Gasteiger partial charge in [0.25, 0.3) is 0 Å². The molecule has 2 saturated heterocycles. The summed E-state index contributed by atoms with van der Waals surface area (Å²) in [4.78, 5) is 26.2. The highest BCUT2D eigenvalue weighted by Gasteiger charge is 2.43. The smallest absolute Gasteiger partial charge is 0.223 e. The Hall–Kier alpha value is -2.27. The molecule has 0 N–H and O–H groups in total. The number of likely N-dealkylation sites (tertiary alicyclic amines) is 2. The third-order valence-corrected chi connectivity index (χ3v) is 5.37. The van der Waals surface area contributed by atoms with E-state index in [0.29, 0.717) is 25.0 Å². The highest BCUT2D eigenvalue weighted by Crippen LogP contribution is 2.33. The van der Waals surface area contributed by atoms with Gasteiger partial charge in [0, 0.05) is 43.5 Å². The summed E-state index contributed by atoms with van der Waals surface area (Å²) in [6.07, 6.45) is 4.47. The lowest BCUT2D eigenvalue weighted by Crippen LogP contribution is -2.51. The summed E-state index contributed by atoms with van der Waals surface area (Å²) in [5.41, 5.74) is 3.09. The number of pyridine rings is 2. The maximum Gasteiger partial charge on any atom is 0.223 e. The van der Waals surface area contributed by atoms with Crippen LogP contribution in [0, 0.1) is 6.92 Å². The minimum atomic E-state index is 0.268. The van der Waals surface area contributed by atoms with Crippen LogP contribution in [0.3, 0.4) is 0 Å². The minimum absolute atomic E-state index is 0.268. The van der Waals surface area contributed by atoms with Crippen LogP contribution in [0.25, 0.3) is 0 Å². The van der Waals surface area contributed by atoms with E-state index >= 15 is 0 Å². The fraction of sp³-hybridized carbons (Fsp3) is 0.450. The first kappa shape index (κ1) is 16.2. The van der Waals surface area contributed by atoms with Gasteiger partial charge in [-0.3, -0.25) is 19.7 Å². The molecule has 0 aromatic carbocycles. The van der Waals surface area contributed by atoms with Crippen LogP contribution in [0.5, 0.6) is 0 Å². The van der Waals surface area contributed by atoms with E-state index in [1.807, 2.05) is 43.5 Å². The van der Waals surface area contributed by atoms with Crippen molar-refractivity contribution in [1.29, 1.82) is 0 Å². The first-order chi connectivity index (χ1) is 12.2. The Kier molecular flexibility index (Phi) is 4.49. The van der Waals surface area contributed by atoms with Crippen LogP contribution in [0.4, 0.5) is 0 Å². The van der Waals surface area contributed by atoms with Crippen molar-refractivity contribution in [3.05, 3.63) is 59.7 Å². The largest absolute Gasteiger partial charge is 0.332 e. The van der Waals surface area contributed by atoms with Crippen LogP contribution in [0.2, 0.25) is 0 Å². The standard InChI is InChI=1S/C20H24N4O/c1-15-5-4-7-17(22-15)14-24-19-10-12-23(18(19)8-9-20(24)25)13-16-6-2-3-11-21-16/h2-7,11,18-19H,8-10,12-14H2,1H3/t18-,19-/m1/s1. The third kappa shape index (κ3) is 3.42. The number of fused-ring (bicyclic) bond motifs is 1. The zero-order valence-electron chi connectivity index (χ0n) is 14.6. The number of amides is 1. The second kappa shape index (κ2) is 6.92. The highest BCUT2D eigenvalue weighted by atomic mass is 16.2. The molecular weight excluding hydrogens is 312 g/mol. The summed E-state index contributed by atoms with van der Waals surface area (Å²) in [7, 11) is 0. The van der Waals surface area contributed by atoms with Crippen molar-refractivity contribution in [3.63, 3.8) is 0 Å². The van der Waals surface area contributed by atoms with Gasteiger partial charge >= 0.3 is 0 Å². The van der Waals surface area contributed by atoms with Gasteiger partial charge in [-0.1, -0.05) is 12.1 Å². The molecule has 0 bridgehead atoms. The molecule has 2 aliphatic rings. The van der Waals surface area contributed by atoms with E-state index in [4.69, 9.17) is 0 Å². The number of carbonyl (C=O) groups excluding carboxylic acids is 1. The quantitative estimate of drug-likeness (QED) is 0.861. The maximum atomic E-state index is 12.6. The molecule has 2 fully saturated rings. The van der Waals surface area contributed by atoms with Gasteiger partial charge in [0.15, 0.2) is 0 Å². The lowest BCUT2D eigenvalue weighted by atomic mass is 9.96. The van der Waals surface area contributed by atoms with Gasteiger partial charge in [-0.15, -0.1) is 0 Å². The van der Waals surface area contributed by atoms with E-state index in [0.717, 1.165) is 43.0 Å². The Bertz CT molecular complexity index is 748. The number of aromatic nitrogens is 2. The predicted octanol–water partition coefficient (Wildman–Crippen LogP) is 2.55. The van der Waals surface area contributed by atoms with Crippen LogP contribution in [0.15, 0.2) is 42.6 Å². The molecule has 2 aromatic rings. The molecule has 2 atom stereocenters. The van der Waals surface area contributed by atoms with Crippen LogP contribution in [0.1, 0.15) is 36.3 Å². The van der Waals surface area contributed by atoms with Crippen molar-refractivity contribution in [2.45, 2.75) is 51.4 Å². The van der Waals surface area contributed by atoms with Crippen LogP contribution in [-0.4, -0.2) is 44.3 Å². The lowest BCUT2D eigenvalue weighted by Gasteiger charge is -2.39. The van der Waals surface area contributed by atoms with Crippen molar-refractivity contribution in [1.82, 2.24) is 19.8 Å². The number of rotatable bonds is 4. The van der Waals surface area contributed by atoms with Crippen molar-refractivity contribution < 1.29 is 4.79 Å². The van der Waals surface area contributed by atoms with Gasteiger partial charge in [-0.05, 0) is 44.0 Å². The van der Waals surface area contributed by atoms with Gasteiger partial charge < -0.3 is 4.90 Å². The number of carbonyl (C=O) groups is 1. The number of hydrogen-bond acceptors (Lipinski definition) is 4. The van der Waals surface area contributed by atoms with Gasteiger partial charge in [0.2, 0.25) is 5.91 Å². The van der Waals surface area contributed by atoms with Crippen LogP contribution in [-0.2, 0) is 17.9 Å². The van der Waals surface area contributed by atoms with Crippen LogP contribution >= 0.6 is 0 Å². The summed E-state index contributed by atoms with van der Waals surface area (Å²) in [5.74, 6) is 0.268. The summed E-state index contributed by atoms with van der Waals surface area (Å²) in [6.45, 7) is 4.51. The maximum absolute atomic E-state index is 12.6. The summed E-state index contributed by atoms with van der Waals surface area (Å²) in [5, 5.41) is 0. The molecule has 130 valence electrons. The zero-order chi connectivity index (χ0) is 17.2. The average Bonchev–Trinajstić information content (AvgIpc) is 3.01. The van der Waals surface area contributed by atoms with E-state index in [-0.39, 0.29) is 5.91 Å². The Morgan fingerprint density at radius 2 is 1.92 bits per heavy atom. The summed E-state index contributed by atoms with van der Waals surface area (Å²) in [6, 6.07) is 12.8. The second-order valence-electron chi connectivity index (χ2n) is 7.05. The van der Waals surface area contributed by atoms with Crippen molar-refractivity contribution in [2.24, 2.45) is 0 Å². The fourth-order valence-corrected chi connectivity index (χ4v) is 4.20. The molecule has 4 rings (SSSR count). The Balaban J connectivity index is 1.49. The highest BCUT2D eigenvalue weighted by molar-refractivity contribution is 5.77. The average molecular weight is 336 g/mol. The molecule has 2 aromatic heterocycles. The Morgan fingerprint density at radius 3 is 2.72 bits per heavy atom. The second-order valence-corrected chi connectivity index (χ2v) is 7.05. The predicted molar refractivity (Wildman–Crippen MR) is 95.6 cm³/mol. The van der Waals surface area contributed by atoms with Gasteiger partial charge in [-0.2, -0.15) is 0 Å². The van der Waals surface area contributed by atoms with Crippen molar-refractivity contribution in [2.75, 3.05) is 6.54 Å². The van der Waals surface area contributed by atoms with E-state index in [9.17, 15) is 4.79 Å². The molecular formula is C20H24N4O. The first-order valence-corrected chi connectivity index (χ1v) is 9.07. The number of piperidine rings is 1.